The Labute approximate surface area is 200 Å². The Morgan fingerprint density at radius 2 is 1.79 bits per heavy atom. The topological polar surface area (TPSA) is 75.1 Å². The molecule has 1 aliphatic rings. The summed E-state index contributed by atoms with van der Waals surface area (Å²) in [5.41, 5.74) is 5.48. The number of allylic oxidation sites excluding steroid dienone is 1. The lowest BCUT2D eigenvalue weighted by Crippen LogP contribution is -2.32. The van der Waals surface area contributed by atoms with Gasteiger partial charge < -0.3 is 19.7 Å². The third kappa shape index (κ3) is 5.46. The van der Waals surface area contributed by atoms with E-state index in [0.717, 1.165) is 64.8 Å². The number of aromatic nitrogens is 2. The highest BCUT2D eigenvalue weighted by molar-refractivity contribution is 6.09. The van der Waals surface area contributed by atoms with Crippen LogP contribution in [-0.4, -0.2) is 68.1 Å². The van der Waals surface area contributed by atoms with Crippen molar-refractivity contribution >= 4 is 34.2 Å². The van der Waals surface area contributed by atoms with E-state index in [2.05, 4.69) is 52.4 Å². The van der Waals surface area contributed by atoms with Crippen LogP contribution >= 0.6 is 0 Å². The number of rotatable bonds is 9. The number of anilines is 2. The number of hydrogen-bond acceptors (Lipinski definition) is 8. The van der Waals surface area contributed by atoms with Crippen molar-refractivity contribution in [2.24, 2.45) is 5.10 Å². The molecule has 0 saturated carbocycles. The first kappa shape index (κ1) is 23.5. The SMILES string of the molecule is COc1cc(OC)cc(N(CCNC(C)C)c2ccc3ncc(C4=CCN(C)N=C4)nc3c2)c1. The van der Waals surface area contributed by atoms with E-state index in [-0.39, 0.29) is 0 Å². The summed E-state index contributed by atoms with van der Waals surface area (Å²) >= 11 is 0. The van der Waals surface area contributed by atoms with E-state index in [0.29, 0.717) is 6.04 Å². The van der Waals surface area contributed by atoms with Gasteiger partial charge in [-0.2, -0.15) is 5.10 Å². The summed E-state index contributed by atoms with van der Waals surface area (Å²) < 4.78 is 11.0. The van der Waals surface area contributed by atoms with E-state index in [1.807, 2.05) is 48.7 Å². The maximum atomic E-state index is 5.52. The summed E-state index contributed by atoms with van der Waals surface area (Å²) in [5, 5.41) is 9.75. The second-order valence-corrected chi connectivity index (χ2v) is 8.50. The number of hydrazone groups is 1. The summed E-state index contributed by atoms with van der Waals surface area (Å²) in [6, 6.07) is 12.5. The Kier molecular flexibility index (Phi) is 7.27. The lowest BCUT2D eigenvalue weighted by molar-refractivity contribution is 0.394. The summed E-state index contributed by atoms with van der Waals surface area (Å²) in [6.45, 7) is 6.62. The fourth-order valence-corrected chi connectivity index (χ4v) is 3.79. The van der Waals surface area contributed by atoms with Crippen LogP contribution in [-0.2, 0) is 0 Å². The molecule has 3 aromatic rings. The van der Waals surface area contributed by atoms with Crippen LogP contribution in [0.1, 0.15) is 19.5 Å². The molecule has 2 aromatic carbocycles. The van der Waals surface area contributed by atoms with Crippen LogP contribution in [0.3, 0.4) is 0 Å². The third-order valence-corrected chi connectivity index (χ3v) is 5.64. The zero-order chi connectivity index (χ0) is 24.1. The third-order valence-electron chi connectivity index (χ3n) is 5.64. The molecule has 0 atom stereocenters. The molecule has 0 unspecified atom stereocenters. The van der Waals surface area contributed by atoms with Crippen molar-refractivity contribution in [3.8, 4) is 11.5 Å². The Hall–Kier alpha value is -3.65. The zero-order valence-corrected chi connectivity index (χ0v) is 20.4. The molecule has 0 bridgehead atoms. The van der Waals surface area contributed by atoms with Gasteiger partial charge in [0, 0.05) is 61.3 Å². The van der Waals surface area contributed by atoms with Crippen molar-refractivity contribution in [1.29, 1.82) is 0 Å². The number of fused-ring (bicyclic) bond motifs is 1. The highest BCUT2D eigenvalue weighted by Gasteiger charge is 2.15. The van der Waals surface area contributed by atoms with Crippen molar-refractivity contribution in [3.05, 3.63) is 54.4 Å². The normalized spacial score (nSPS) is 13.4. The molecule has 2 heterocycles. The van der Waals surface area contributed by atoms with E-state index in [4.69, 9.17) is 14.5 Å². The summed E-state index contributed by atoms with van der Waals surface area (Å²) in [5.74, 6) is 1.49. The minimum absolute atomic E-state index is 0.399. The molecule has 34 heavy (non-hydrogen) atoms. The number of methoxy groups -OCH3 is 2. The summed E-state index contributed by atoms with van der Waals surface area (Å²) in [6.07, 6.45) is 5.75. The van der Waals surface area contributed by atoms with Gasteiger partial charge in [-0.05, 0) is 18.2 Å². The lowest BCUT2D eigenvalue weighted by atomic mass is 10.1. The van der Waals surface area contributed by atoms with Crippen LogP contribution in [0.2, 0.25) is 0 Å². The molecule has 0 saturated heterocycles. The van der Waals surface area contributed by atoms with Crippen LogP contribution in [0.25, 0.3) is 16.6 Å². The van der Waals surface area contributed by atoms with Gasteiger partial charge in [0.05, 0.1) is 49.9 Å². The molecule has 1 aromatic heterocycles. The molecule has 0 amide bonds. The van der Waals surface area contributed by atoms with Gasteiger partial charge in [-0.3, -0.25) is 9.99 Å². The first-order valence-corrected chi connectivity index (χ1v) is 11.4. The summed E-state index contributed by atoms with van der Waals surface area (Å²) in [7, 11) is 5.27. The Morgan fingerprint density at radius 3 is 2.44 bits per heavy atom. The van der Waals surface area contributed by atoms with Gasteiger partial charge >= 0.3 is 0 Å². The molecule has 0 aliphatic carbocycles. The molecule has 8 heteroatoms. The number of ether oxygens (including phenoxy) is 2. The van der Waals surface area contributed by atoms with Crippen LogP contribution in [0.15, 0.2) is 53.8 Å². The number of hydrogen-bond donors (Lipinski definition) is 1. The lowest BCUT2D eigenvalue weighted by Gasteiger charge is -2.27. The molecule has 8 nitrogen and oxygen atoms in total. The van der Waals surface area contributed by atoms with E-state index >= 15 is 0 Å². The van der Waals surface area contributed by atoms with Gasteiger partial charge in [0.2, 0.25) is 0 Å². The molecular formula is C26H32N6O2. The van der Waals surface area contributed by atoms with Crippen molar-refractivity contribution in [2.45, 2.75) is 19.9 Å². The monoisotopic (exact) mass is 460 g/mol. The predicted octanol–water partition coefficient (Wildman–Crippen LogP) is 4.10. The van der Waals surface area contributed by atoms with Crippen LogP contribution in [0, 0.1) is 0 Å². The fourth-order valence-electron chi connectivity index (χ4n) is 3.79. The fraction of sp³-hybridized carbons (Fsp3) is 0.346. The second kappa shape index (κ2) is 10.5. The number of nitrogens with zero attached hydrogens (tertiary/aromatic N) is 5. The molecule has 0 spiro atoms. The van der Waals surface area contributed by atoms with E-state index in [1.165, 1.54) is 0 Å². The maximum Gasteiger partial charge on any atom is 0.124 e. The van der Waals surface area contributed by atoms with Gasteiger partial charge in [-0.1, -0.05) is 19.9 Å². The maximum absolute atomic E-state index is 5.52. The van der Waals surface area contributed by atoms with Gasteiger partial charge in [0.15, 0.2) is 0 Å². The van der Waals surface area contributed by atoms with Gasteiger partial charge in [-0.15, -0.1) is 0 Å². The molecular weight excluding hydrogens is 428 g/mol. The minimum atomic E-state index is 0.399. The van der Waals surface area contributed by atoms with Gasteiger partial charge in [0.25, 0.3) is 0 Å². The van der Waals surface area contributed by atoms with Crippen molar-refractivity contribution in [1.82, 2.24) is 20.3 Å². The molecule has 4 rings (SSSR count). The second-order valence-electron chi connectivity index (χ2n) is 8.50. The smallest absolute Gasteiger partial charge is 0.124 e. The molecule has 1 N–H and O–H groups in total. The molecule has 1 aliphatic heterocycles. The highest BCUT2D eigenvalue weighted by Crippen LogP contribution is 2.33. The van der Waals surface area contributed by atoms with Crippen molar-refractivity contribution in [3.63, 3.8) is 0 Å². The first-order valence-electron chi connectivity index (χ1n) is 11.4. The average Bonchev–Trinajstić information content (AvgIpc) is 2.86. The quantitative estimate of drug-likeness (QED) is 0.515. The largest absolute Gasteiger partial charge is 0.497 e. The van der Waals surface area contributed by atoms with Crippen molar-refractivity contribution < 1.29 is 9.47 Å². The van der Waals surface area contributed by atoms with E-state index in [1.54, 1.807) is 14.2 Å². The zero-order valence-electron chi connectivity index (χ0n) is 20.4. The van der Waals surface area contributed by atoms with Crippen LogP contribution in [0.5, 0.6) is 11.5 Å². The predicted molar refractivity (Wildman–Crippen MR) is 138 cm³/mol. The highest BCUT2D eigenvalue weighted by atomic mass is 16.5. The number of benzene rings is 2. The molecule has 178 valence electrons. The Balaban J connectivity index is 1.73. The molecule has 0 fully saturated rings. The minimum Gasteiger partial charge on any atom is -0.497 e. The van der Waals surface area contributed by atoms with Crippen molar-refractivity contribution in [2.75, 3.05) is 45.8 Å². The Bertz CT molecular complexity index is 1180. The van der Waals surface area contributed by atoms with E-state index in [9.17, 15) is 0 Å². The van der Waals surface area contributed by atoms with Gasteiger partial charge in [-0.25, -0.2) is 4.98 Å². The number of likely N-dealkylation sites (N-methyl/N-ethyl adjacent to an activating group) is 1. The number of nitrogens with one attached hydrogen (secondary N) is 1. The first-order chi connectivity index (χ1) is 16.5. The average molecular weight is 461 g/mol. The van der Waals surface area contributed by atoms with Crippen LogP contribution < -0.4 is 19.7 Å². The molecule has 0 radical (unpaired) electrons. The summed E-state index contributed by atoms with van der Waals surface area (Å²) in [4.78, 5) is 11.8. The Morgan fingerprint density at radius 1 is 1.03 bits per heavy atom. The van der Waals surface area contributed by atoms with Gasteiger partial charge in [0.1, 0.15) is 11.5 Å². The van der Waals surface area contributed by atoms with E-state index < -0.39 is 0 Å². The standard InChI is InChI=1S/C26H32N6O2/c1-18(2)27-9-11-32(21-12-22(33-4)15-23(13-21)34-5)20-6-7-24-25(14-20)30-26(17-28-24)19-8-10-31(3)29-16-19/h6-8,12-18,27H,9-11H2,1-5H3. The van der Waals surface area contributed by atoms with Crippen LogP contribution in [0.4, 0.5) is 11.4 Å².